The lowest BCUT2D eigenvalue weighted by Crippen LogP contribution is -2.62. The molecule has 1 aromatic rings. The number of carbonyl (C=O) groups excluding carboxylic acids is 12. The Labute approximate surface area is 723 Å². The van der Waals surface area contributed by atoms with Crippen molar-refractivity contribution in [1.82, 2.24) is 63.4 Å². The SMILES string of the molecule is CC(=O)O.CCC(C)C(NC(=O)C(CCC(=O)O)NC(=O)C(CCCN=C(N)N)NC(=O)C(CCCN=C(N)N)NC(=O)C(N)CCCCN)C(=O)NC(CC(C)C)C(=O)NC(CO)C(=O)NC(CCCN=C(N)N)C(=O)NC(CCCN=C(N)N)C(=O)N1CCCC1C(=O)NC(CO)C(=O)NC(Cc1ccc(O)cc1)C(=O)NC(CCCN=C(N)N)C(=O)O. The molecule has 0 spiro atoms. The average Bonchev–Trinajstić information content (AvgIpc) is 1.72. The number of carboxylic acids is 3. The van der Waals surface area contributed by atoms with Gasteiger partial charge in [0.05, 0.1) is 19.3 Å². The van der Waals surface area contributed by atoms with Crippen LogP contribution >= 0.6 is 0 Å². The highest BCUT2D eigenvalue weighted by atomic mass is 16.4. The third-order valence-corrected chi connectivity index (χ3v) is 19.1. The van der Waals surface area contributed by atoms with Gasteiger partial charge in [0.25, 0.3) is 5.97 Å². The van der Waals surface area contributed by atoms with E-state index in [0.29, 0.717) is 24.9 Å². The molecule has 1 aliphatic heterocycles. The lowest BCUT2D eigenvalue weighted by Gasteiger charge is -2.31. The third kappa shape index (κ3) is 45.8. The van der Waals surface area contributed by atoms with Crippen LogP contribution in [0, 0.1) is 11.8 Å². The molecule has 14 atom stereocenters. The van der Waals surface area contributed by atoms with E-state index in [1.807, 2.05) is 0 Å². The molecule has 0 bridgehead atoms. The molecule has 125 heavy (non-hydrogen) atoms. The fraction of sp³-hybridized carbons (Fsp3) is 0.653. The van der Waals surface area contributed by atoms with E-state index in [9.17, 15) is 92.7 Å². The number of carbonyl (C=O) groups is 15. The summed E-state index contributed by atoms with van der Waals surface area (Å²) in [7, 11) is 0. The molecule has 50 heteroatoms. The van der Waals surface area contributed by atoms with E-state index in [4.69, 9.17) is 78.7 Å². The van der Waals surface area contributed by atoms with Crippen LogP contribution in [0.3, 0.4) is 0 Å². The summed E-state index contributed by atoms with van der Waals surface area (Å²) in [6.45, 7) is 5.54. The van der Waals surface area contributed by atoms with Crippen LogP contribution in [-0.4, -0.2) is 292 Å². The molecule has 0 saturated carbocycles. The van der Waals surface area contributed by atoms with E-state index >= 15 is 0 Å². The Bertz CT molecular complexity index is 3810. The number of benzene rings is 1. The number of aliphatic hydroxyl groups is 2. The number of nitrogens with zero attached hydrogens (tertiary/aromatic N) is 6. The predicted molar refractivity (Wildman–Crippen MR) is 459 cm³/mol. The molecule has 14 unspecified atom stereocenters. The van der Waals surface area contributed by atoms with Gasteiger partial charge in [0.15, 0.2) is 29.8 Å². The molecular formula is C75H133N29O21. The van der Waals surface area contributed by atoms with Crippen LogP contribution in [0.1, 0.15) is 162 Å². The molecule has 2 rings (SSSR count). The molecule has 1 aliphatic rings. The van der Waals surface area contributed by atoms with E-state index < -0.39 is 205 Å². The number of amides is 12. The highest BCUT2D eigenvalue weighted by Gasteiger charge is 2.42. The van der Waals surface area contributed by atoms with Crippen LogP contribution in [0.15, 0.2) is 49.2 Å². The number of guanidine groups is 5. The van der Waals surface area contributed by atoms with Gasteiger partial charge in [-0.05, 0) is 139 Å². The first kappa shape index (κ1) is 110. The minimum absolute atomic E-state index is 0.0127. The number of carboxylic acid groups (broad SMARTS) is 3. The van der Waals surface area contributed by atoms with Gasteiger partial charge in [0, 0.05) is 59.0 Å². The minimum Gasteiger partial charge on any atom is -0.508 e. The van der Waals surface area contributed by atoms with E-state index in [2.05, 4.69) is 83.4 Å². The average molecular weight is 1780 g/mol. The van der Waals surface area contributed by atoms with Crippen molar-refractivity contribution in [2.45, 2.75) is 242 Å². The van der Waals surface area contributed by atoms with Crippen LogP contribution in [0.2, 0.25) is 0 Å². The maximum absolute atomic E-state index is 14.9. The minimum atomic E-state index is -1.89. The number of likely N-dealkylation sites (tertiary alicyclic amines) is 1. The summed E-state index contributed by atoms with van der Waals surface area (Å²) in [4.78, 5) is 226. The Hall–Kier alpha value is -12.7. The predicted octanol–water partition coefficient (Wildman–Crippen LogP) is -9.90. The molecule has 1 saturated heterocycles. The van der Waals surface area contributed by atoms with Gasteiger partial charge >= 0.3 is 11.9 Å². The number of aromatic hydroxyl groups is 1. The number of hydrogen-bond acceptors (Lipinski definition) is 25. The summed E-state index contributed by atoms with van der Waals surface area (Å²) < 4.78 is 0. The van der Waals surface area contributed by atoms with Gasteiger partial charge in [-0.25, -0.2) is 4.79 Å². The van der Waals surface area contributed by atoms with Gasteiger partial charge in [-0.3, -0.25) is 92.1 Å². The number of phenolic OH excluding ortho intramolecular Hbond substituents is 1. The number of aliphatic hydroxyl groups excluding tert-OH is 2. The Morgan fingerprint density at radius 1 is 0.440 bits per heavy atom. The molecule has 50 nitrogen and oxygen atoms in total. The molecule has 12 amide bonds. The van der Waals surface area contributed by atoms with Crippen molar-refractivity contribution >= 4 is 119 Å². The zero-order valence-corrected chi connectivity index (χ0v) is 71.4. The van der Waals surface area contributed by atoms with Crippen LogP contribution in [0.5, 0.6) is 5.75 Å². The highest BCUT2D eigenvalue weighted by Crippen LogP contribution is 2.22. The number of rotatable bonds is 59. The van der Waals surface area contributed by atoms with Crippen LogP contribution < -0.4 is 127 Å². The number of phenols is 1. The summed E-state index contributed by atoms with van der Waals surface area (Å²) in [5.41, 5.74) is 67.3. The maximum Gasteiger partial charge on any atom is 0.326 e. The smallest absolute Gasteiger partial charge is 0.326 e. The molecule has 1 fully saturated rings. The fourth-order valence-electron chi connectivity index (χ4n) is 12.4. The lowest BCUT2D eigenvalue weighted by molar-refractivity contribution is -0.143. The van der Waals surface area contributed by atoms with Crippen LogP contribution in [0.25, 0.3) is 0 Å². The Balaban J connectivity index is 0.0000191. The van der Waals surface area contributed by atoms with Gasteiger partial charge in [0.2, 0.25) is 70.9 Å². The zero-order valence-electron chi connectivity index (χ0n) is 71.4. The number of aliphatic imine (C=N–C) groups is 5. The topological polar surface area (TPSA) is 887 Å². The van der Waals surface area contributed by atoms with Crippen LogP contribution in [-0.2, 0) is 78.3 Å². The number of nitrogens with one attached hydrogen (secondary N) is 11. The highest BCUT2D eigenvalue weighted by molar-refractivity contribution is 6.00. The van der Waals surface area contributed by atoms with Gasteiger partial charge in [-0.1, -0.05) is 52.7 Å². The van der Waals surface area contributed by atoms with Crippen molar-refractivity contribution in [3.05, 3.63) is 29.8 Å². The van der Waals surface area contributed by atoms with Crippen LogP contribution in [0.4, 0.5) is 0 Å². The molecule has 0 aromatic heterocycles. The first-order chi connectivity index (χ1) is 58.9. The number of aliphatic carboxylic acids is 3. The summed E-state index contributed by atoms with van der Waals surface area (Å²) in [6.07, 6.45) is -0.686. The second-order valence-corrected chi connectivity index (χ2v) is 30.0. The maximum atomic E-state index is 14.9. The van der Waals surface area contributed by atoms with Gasteiger partial charge in [0.1, 0.15) is 78.3 Å². The summed E-state index contributed by atoms with van der Waals surface area (Å²) >= 11 is 0. The first-order valence-corrected chi connectivity index (χ1v) is 40.9. The molecular weight excluding hydrogens is 1640 g/mol. The summed E-state index contributed by atoms with van der Waals surface area (Å²) in [5, 5.41) is 86.2. The van der Waals surface area contributed by atoms with Crippen molar-refractivity contribution in [1.29, 1.82) is 0 Å². The monoisotopic (exact) mass is 1780 g/mol. The largest absolute Gasteiger partial charge is 0.508 e. The number of unbranched alkanes of at least 4 members (excludes halogenated alkanes) is 1. The second-order valence-electron chi connectivity index (χ2n) is 30.0. The summed E-state index contributed by atoms with van der Waals surface area (Å²) in [6, 6.07) is -14.5. The molecule has 0 aliphatic carbocycles. The van der Waals surface area contributed by atoms with E-state index in [0.717, 1.165) is 11.8 Å². The Kier molecular flexibility index (Phi) is 52.8. The first-order valence-electron chi connectivity index (χ1n) is 40.9. The Morgan fingerprint density at radius 2 is 0.792 bits per heavy atom. The van der Waals surface area contributed by atoms with Gasteiger partial charge in [-0.2, -0.15) is 0 Å². The summed E-state index contributed by atoms with van der Waals surface area (Å²) in [5.74, 6) is -18.2. The third-order valence-electron chi connectivity index (χ3n) is 19.1. The van der Waals surface area contributed by atoms with Crippen molar-refractivity contribution in [3.63, 3.8) is 0 Å². The van der Waals surface area contributed by atoms with Gasteiger partial charge in [-0.15, -0.1) is 0 Å². The molecule has 1 heterocycles. The molecule has 704 valence electrons. The fourth-order valence-corrected chi connectivity index (χ4v) is 12.4. The quantitative estimate of drug-likeness (QED) is 0.0164. The molecule has 1 aromatic carbocycles. The number of hydrogen-bond donors (Lipinski definition) is 29. The van der Waals surface area contributed by atoms with Gasteiger partial charge < -0.3 is 163 Å². The lowest BCUT2D eigenvalue weighted by atomic mass is 9.96. The number of nitrogens with two attached hydrogens (primary N) is 12. The van der Waals surface area contributed by atoms with Crippen molar-refractivity contribution in [3.8, 4) is 5.75 Å². The van der Waals surface area contributed by atoms with Crippen molar-refractivity contribution in [2.24, 2.45) is 106 Å². The normalized spacial score (nSPS) is 15.2. The second kappa shape index (κ2) is 59.9. The van der Waals surface area contributed by atoms with E-state index in [1.165, 1.54) is 24.3 Å². The molecule has 0 radical (unpaired) electrons. The van der Waals surface area contributed by atoms with Crippen molar-refractivity contribution < 1.29 is 103 Å². The van der Waals surface area contributed by atoms with E-state index in [-0.39, 0.29) is 178 Å². The van der Waals surface area contributed by atoms with E-state index in [1.54, 1.807) is 27.7 Å². The standard InChI is InChI=1S/C73H129N29O19.C2H4O2/c1-5-39(4)55(101-60(112)46(25-26-54(106)107)94-58(110)44(16-9-29-87-70(78)79)92-57(109)43(15-8-28-86-69(76)77)91-56(108)42(75)14-6-7-27-74)66(118)98-49(34-38(2)3)61(113)99-51(36-103)63(115)93-45(17-10-30-88-71(80)81)59(111)95-47(18-11-31-89-72(82)83)67(119)102-33-13-20-53(102)65(117)100-52(37-104)64(116)97-50(35-40-21-23-41(105)24-22-40)62(114)96-48(68(120)121)19-12-32-90-73(84)85;1-2(3)4/h21-24,38-39,42-53,55,103-105H,5-20,25-37,74-75H2,1-4H3,(H,91,108)(H,92,109)(H,93,115)(H,94,110)(H,95,111)(H,96,114)(H,97,116)(H,98,118)(H,99,113)(H,100,117)(H,101,112)(H,106,107)(H,120,121)(H4,76,77,86)(H4,78,79,87)(H4,80,81,88)(H4,82,83,89)(H4,84,85,90);1H3,(H,3,4). The Morgan fingerprint density at radius 3 is 1.20 bits per heavy atom. The van der Waals surface area contributed by atoms with Crippen molar-refractivity contribution in [2.75, 3.05) is 59.0 Å². The zero-order chi connectivity index (χ0) is 94.6. The molecule has 41 N–H and O–H groups in total.